The van der Waals surface area contributed by atoms with E-state index in [4.69, 9.17) is 14.2 Å². The van der Waals surface area contributed by atoms with Crippen molar-refractivity contribution in [2.75, 3.05) is 33.4 Å². The number of ether oxygens (including phenoxy) is 3. The van der Waals surface area contributed by atoms with Crippen molar-refractivity contribution in [3.63, 3.8) is 0 Å². The number of amides is 1. The Morgan fingerprint density at radius 2 is 1.90 bits per heavy atom. The van der Waals surface area contributed by atoms with Gasteiger partial charge in [0.1, 0.15) is 0 Å². The molecule has 0 unspecified atom stereocenters. The first-order chi connectivity index (χ1) is 9.61. The van der Waals surface area contributed by atoms with Gasteiger partial charge in [-0.3, -0.25) is 4.79 Å². The predicted octanol–water partition coefficient (Wildman–Crippen LogP) is 1.73. The van der Waals surface area contributed by atoms with Crippen LogP contribution in [0.5, 0.6) is 11.5 Å². The summed E-state index contributed by atoms with van der Waals surface area (Å²) in [5.74, 6) is 0.586. The first kappa shape index (κ1) is 14.3. The van der Waals surface area contributed by atoms with Crippen molar-refractivity contribution < 1.29 is 23.8 Å². The average Bonchev–Trinajstić information content (AvgIpc) is 2.48. The lowest BCUT2D eigenvalue weighted by atomic mass is 10.1. The molecule has 0 saturated carbocycles. The number of carbonyl (C=O) groups excluding carboxylic acids is 2. The molecule has 1 amide bonds. The van der Waals surface area contributed by atoms with E-state index >= 15 is 0 Å². The smallest absolute Gasteiger partial charge is 0.415 e. The number of hydrogen-bond donors (Lipinski definition) is 0. The maximum absolute atomic E-state index is 12.0. The van der Waals surface area contributed by atoms with E-state index in [1.54, 1.807) is 23.1 Å². The molecule has 1 aromatic carbocycles. The van der Waals surface area contributed by atoms with Gasteiger partial charge < -0.3 is 19.1 Å². The molecule has 6 nitrogen and oxygen atoms in total. The minimum absolute atomic E-state index is 0.0747. The molecule has 0 radical (unpaired) electrons. The lowest BCUT2D eigenvalue weighted by molar-refractivity contribution is 0.0413. The molecule has 108 valence electrons. The third-order valence-electron chi connectivity index (χ3n) is 3.04. The van der Waals surface area contributed by atoms with Gasteiger partial charge in [0.15, 0.2) is 17.3 Å². The molecule has 0 aromatic heterocycles. The van der Waals surface area contributed by atoms with Crippen LogP contribution in [-0.4, -0.2) is 50.2 Å². The van der Waals surface area contributed by atoms with Crippen molar-refractivity contribution in [3.05, 3.63) is 23.8 Å². The molecule has 0 spiro atoms. The second-order valence-corrected chi connectivity index (χ2v) is 4.39. The molecule has 1 fully saturated rings. The Balaban J connectivity index is 2.11. The molecule has 1 saturated heterocycles. The fraction of sp³-hybridized carbons (Fsp3) is 0.429. The Bertz CT molecular complexity index is 508. The highest BCUT2D eigenvalue weighted by Gasteiger charge is 2.20. The quantitative estimate of drug-likeness (QED) is 0.788. The van der Waals surface area contributed by atoms with Crippen molar-refractivity contribution in [2.24, 2.45) is 0 Å². The Hall–Kier alpha value is -2.08. The Morgan fingerprint density at radius 3 is 2.50 bits per heavy atom. The second kappa shape index (κ2) is 6.38. The molecule has 1 aromatic rings. The summed E-state index contributed by atoms with van der Waals surface area (Å²) >= 11 is 0. The molecule has 1 heterocycles. The summed E-state index contributed by atoms with van der Waals surface area (Å²) in [4.78, 5) is 24.9. The van der Waals surface area contributed by atoms with Gasteiger partial charge in [0.25, 0.3) is 0 Å². The third kappa shape index (κ3) is 3.27. The lowest BCUT2D eigenvalue weighted by Crippen LogP contribution is -2.42. The molecule has 6 heteroatoms. The summed E-state index contributed by atoms with van der Waals surface area (Å²) in [5, 5.41) is 0. The van der Waals surface area contributed by atoms with Gasteiger partial charge in [-0.15, -0.1) is 0 Å². The fourth-order valence-electron chi connectivity index (χ4n) is 1.88. The van der Waals surface area contributed by atoms with E-state index in [0.29, 0.717) is 43.4 Å². The maximum atomic E-state index is 12.0. The monoisotopic (exact) mass is 279 g/mol. The summed E-state index contributed by atoms with van der Waals surface area (Å²) in [6.07, 6.45) is -0.442. The van der Waals surface area contributed by atoms with Crippen LogP contribution in [-0.2, 0) is 4.74 Å². The molecule has 0 aliphatic carbocycles. The number of benzene rings is 1. The van der Waals surface area contributed by atoms with Crippen molar-refractivity contribution in [1.29, 1.82) is 0 Å². The van der Waals surface area contributed by atoms with Crippen LogP contribution in [0, 0.1) is 0 Å². The molecule has 0 bridgehead atoms. The normalized spacial score (nSPS) is 14.8. The van der Waals surface area contributed by atoms with Crippen LogP contribution in [0.4, 0.5) is 4.79 Å². The first-order valence-electron chi connectivity index (χ1n) is 6.35. The van der Waals surface area contributed by atoms with Crippen LogP contribution >= 0.6 is 0 Å². The summed E-state index contributed by atoms with van der Waals surface area (Å²) in [5.41, 5.74) is 0.507. The maximum Gasteiger partial charge on any atom is 0.415 e. The summed E-state index contributed by atoms with van der Waals surface area (Å²) < 4.78 is 15.6. The van der Waals surface area contributed by atoms with Gasteiger partial charge in [-0.25, -0.2) is 4.79 Å². The van der Waals surface area contributed by atoms with Gasteiger partial charge in [0.2, 0.25) is 0 Å². The standard InChI is InChI=1S/C14H17NO5/c1-10(16)11-3-4-12(13(9-11)18-2)20-14(17)15-5-7-19-8-6-15/h3-4,9H,5-8H2,1-2H3. The fourth-order valence-corrected chi connectivity index (χ4v) is 1.88. The topological polar surface area (TPSA) is 65.1 Å². The van der Waals surface area contributed by atoms with E-state index < -0.39 is 6.09 Å². The average molecular weight is 279 g/mol. The first-order valence-corrected chi connectivity index (χ1v) is 6.35. The number of hydrogen-bond acceptors (Lipinski definition) is 5. The molecule has 1 aliphatic rings. The lowest BCUT2D eigenvalue weighted by Gasteiger charge is -2.26. The Labute approximate surface area is 117 Å². The van der Waals surface area contributed by atoms with Crippen molar-refractivity contribution >= 4 is 11.9 Å². The molecule has 0 N–H and O–H groups in total. The number of carbonyl (C=O) groups is 2. The Kier molecular flexibility index (Phi) is 4.57. The van der Waals surface area contributed by atoms with Gasteiger partial charge in [0.05, 0.1) is 20.3 Å². The highest BCUT2D eigenvalue weighted by molar-refractivity contribution is 5.94. The zero-order valence-corrected chi connectivity index (χ0v) is 11.5. The van der Waals surface area contributed by atoms with Crippen molar-refractivity contribution in [2.45, 2.75) is 6.92 Å². The minimum Gasteiger partial charge on any atom is -0.493 e. The van der Waals surface area contributed by atoms with Gasteiger partial charge in [-0.1, -0.05) is 0 Å². The largest absolute Gasteiger partial charge is 0.493 e. The number of methoxy groups -OCH3 is 1. The van der Waals surface area contributed by atoms with Gasteiger partial charge in [-0.05, 0) is 25.1 Å². The molecule has 0 atom stereocenters. The minimum atomic E-state index is -0.442. The number of morpholine rings is 1. The van der Waals surface area contributed by atoms with E-state index in [-0.39, 0.29) is 5.78 Å². The van der Waals surface area contributed by atoms with E-state index in [2.05, 4.69) is 0 Å². The van der Waals surface area contributed by atoms with Crippen molar-refractivity contribution in [1.82, 2.24) is 4.90 Å². The predicted molar refractivity (Wildman–Crippen MR) is 71.4 cm³/mol. The number of nitrogens with zero attached hydrogens (tertiary/aromatic N) is 1. The SMILES string of the molecule is COc1cc(C(C)=O)ccc1OC(=O)N1CCOCC1. The second-order valence-electron chi connectivity index (χ2n) is 4.39. The van der Waals surface area contributed by atoms with Crippen LogP contribution in [0.1, 0.15) is 17.3 Å². The number of ketones is 1. The van der Waals surface area contributed by atoms with Crippen LogP contribution in [0.15, 0.2) is 18.2 Å². The summed E-state index contributed by atoms with van der Waals surface area (Å²) in [7, 11) is 1.46. The zero-order valence-electron chi connectivity index (χ0n) is 11.5. The van der Waals surface area contributed by atoms with E-state index in [0.717, 1.165) is 0 Å². The third-order valence-corrected chi connectivity index (χ3v) is 3.04. The van der Waals surface area contributed by atoms with Crippen LogP contribution in [0.3, 0.4) is 0 Å². The van der Waals surface area contributed by atoms with Gasteiger partial charge >= 0.3 is 6.09 Å². The Morgan fingerprint density at radius 1 is 1.20 bits per heavy atom. The zero-order chi connectivity index (χ0) is 14.5. The van der Waals surface area contributed by atoms with Crippen LogP contribution in [0.2, 0.25) is 0 Å². The number of Topliss-reactive ketones (excluding diaryl/α,β-unsaturated/α-hetero) is 1. The highest BCUT2D eigenvalue weighted by atomic mass is 16.6. The van der Waals surface area contributed by atoms with Gasteiger partial charge in [-0.2, -0.15) is 0 Å². The number of rotatable bonds is 3. The van der Waals surface area contributed by atoms with E-state index in [9.17, 15) is 9.59 Å². The van der Waals surface area contributed by atoms with Crippen molar-refractivity contribution in [3.8, 4) is 11.5 Å². The molecular weight excluding hydrogens is 262 g/mol. The summed E-state index contributed by atoms with van der Waals surface area (Å²) in [6, 6.07) is 4.73. The van der Waals surface area contributed by atoms with E-state index in [1.807, 2.05) is 0 Å². The molecule has 2 rings (SSSR count). The van der Waals surface area contributed by atoms with Gasteiger partial charge in [0, 0.05) is 18.7 Å². The molecule has 1 aliphatic heterocycles. The van der Waals surface area contributed by atoms with Crippen LogP contribution in [0.25, 0.3) is 0 Å². The summed E-state index contributed by atoms with van der Waals surface area (Å²) in [6.45, 7) is 3.50. The van der Waals surface area contributed by atoms with Crippen LogP contribution < -0.4 is 9.47 Å². The molecule has 20 heavy (non-hydrogen) atoms. The van der Waals surface area contributed by atoms with E-state index in [1.165, 1.54) is 14.0 Å². The molecular formula is C14H17NO5. The highest BCUT2D eigenvalue weighted by Crippen LogP contribution is 2.28.